The second kappa shape index (κ2) is 4.79. The van der Waals surface area contributed by atoms with E-state index in [9.17, 15) is 8.42 Å². The number of anilines is 2. The second-order valence-corrected chi connectivity index (χ2v) is 7.38. The molecule has 1 heterocycles. The molecule has 2 N–H and O–H groups in total. The van der Waals surface area contributed by atoms with Gasteiger partial charge in [-0.1, -0.05) is 34.1 Å². The minimum Gasteiger partial charge on any atom is -0.398 e. The number of hydrogen-bond acceptors (Lipinski definition) is 3. The Morgan fingerprint density at radius 1 is 1.15 bits per heavy atom. The molecule has 0 saturated carbocycles. The van der Waals surface area contributed by atoms with Gasteiger partial charge in [0.25, 0.3) is 10.0 Å². The Hall–Kier alpha value is -1.53. The lowest BCUT2D eigenvalue weighted by molar-refractivity contribution is 0.592. The van der Waals surface area contributed by atoms with Gasteiger partial charge in [0.2, 0.25) is 0 Å². The molecule has 1 aliphatic rings. The van der Waals surface area contributed by atoms with Crippen molar-refractivity contribution in [1.29, 1.82) is 0 Å². The lowest BCUT2D eigenvalue weighted by Gasteiger charge is -2.20. The zero-order valence-electron chi connectivity index (χ0n) is 10.6. The molecular formula is C14H13BrN2O2S. The first kappa shape index (κ1) is 13.5. The monoisotopic (exact) mass is 352 g/mol. The highest BCUT2D eigenvalue weighted by atomic mass is 79.9. The molecule has 0 bridgehead atoms. The van der Waals surface area contributed by atoms with E-state index in [1.54, 1.807) is 12.1 Å². The van der Waals surface area contributed by atoms with Crippen LogP contribution in [0.3, 0.4) is 0 Å². The second-order valence-electron chi connectivity index (χ2n) is 4.64. The molecule has 4 nitrogen and oxygen atoms in total. The Balaban J connectivity index is 2.10. The van der Waals surface area contributed by atoms with Crippen LogP contribution in [0.15, 0.2) is 51.8 Å². The van der Waals surface area contributed by atoms with E-state index in [2.05, 4.69) is 15.9 Å². The van der Waals surface area contributed by atoms with Gasteiger partial charge in [0.05, 0.1) is 11.4 Å². The normalized spacial score (nSPS) is 14.3. The van der Waals surface area contributed by atoms with Gasteiger partial charge in [-0.15, -0.1) is 0 Å². The van der Waals surface area contributed by atoms with E-state index in [0.717, 1.165) is 22.1 Å². The first-order chi connectivity index (χ1) is 9.50. The smallest absolute Gasteiger partial charge is 0.266 e. The van der Waals surface area contributed by atoms with Crippen LogP contribution in [0.1, 0.15) is 5.56 Å². The van der Waals surface area contributed by atoms with Gasteiger partial charge in [-0.25, -0.2) is 8.42 Å². The van der Waals surface area contributed by atoms with Crippen molar-refractivity contribution < 1.29 is 8.42 Å². The number of para-hydroxylation sites is 1. The van der Waals surface area contributed by atoms with Crippen molar-refractivity contribution in [2.24, 2.45) is 0 Å². The standard InChI is InChI=1S/C14H13BrN2O2S/c15-11-5-6-14(12(16)9-11)20(18,19)17-8-7-10-3-1-2-4-13(10)17/h1-6,9H,7-8,16H2. The number of benzene rings is 2. The third-order valence-electron chi connectivity index (χ3n) is 3.38. The van der Waals surface area contributed by atoms with Crippen molar-refractivity contribution in [2.45, 2.75) is 11.3 Å². The number of rotatable bonds is 2. The quantitative estimate of drug-likeness (QED) is 0.845. The maximum absolute atomic E-state index is 12.8. The summed E-state index contributed by atoms with van der Waals surface area (Å²) < 4.78 is 27.7. The molecule has 3 rings (SSSR count). The minimum atomic E-state index is -3.61. The zero-order chi connectivity index (χ0) is 14.3. The number of sulfonamides is 1. The maximum Gasteiger partial charge on any atom is 0.266 e. The lowest BCUT2D eigenvalue weighted by atomic mass is 10.2. The van der Waals surface area contributed by atoms with Crippen molar-refractivity contribution in [2.75, 3.05) is 16.6 Å². The molecule has 2 aromatic rings. The molecule has 0 fully saturated rings. The van der Waals surface area contributed by atoms with Crippen molar-refractivity contribution >= 4 is 37.3 Å². The lowest BCUT2D eigenvalue weighted by Crippen LogP contribution is -2.29. The third kappa shape index (κ3) is 2.09. The number of halogens is 1. The molecule has 1 aliphatic heterocycles. The molecule has 0 unspecified atom stereocenters. The van der Waals surface area contributed by atoms with Gasteiger partial charge in [0.1, 0.15) is 4.90 Å². The van der Waals surface area contributed by atoms with Crippen LogP contribution >= 0.6 is 15.9 Å². The predicted molar refractivity (Wildman–Crippen MR) is 83.2 cm³/mol. The highest BCUT2D eigenvalue weighted by molar-refractivity contribution is 9.10. The SMILES string of the molecule is Nc1cc(Br)ccc1S(=O)(=O)N1CCc2ccccc21. The summed E-state index contributed by atoms with van der Waals surface area (Å²) in [5.74, 6) is 0. The van der Waals surface area contributed by atoms with Crippen molar-refractivity contribution in [3.63, 3.8) is 0 Å². The molecule has 0 radical (unpaired) electrons. The Bertz CT molecular complexity index is 774. The fourth-order valence-corrected chi connectivity index (χ4v) is 4.41. The number of fused-ring (bicyclic) bond motifs is 1. The van der Waals surface area contributed by atoms with Crippen LogP contribution in [-0.2, 0) is 16.4 Å². The number of nitrogens with zero attached hydrogens (tertiary/aromatic N) is 1. The van der Waals surface area contributed by atoms with Crippen LogP contribution in [0.4, 0.5) is 11.4 Å². The summed E-state index contributed by atoms with van der Waals surface area (Å²) in [5, 5.41) is 0. The molecule has 0 amide bonds. The number of hydrogen-bond donors (Lipinski definition) is 1. The van der Waals surface area contributed by atoms with Gasteiger partial charge >= 0.3 is 0 Å². The van der Waals surface area contributed by atoms with Gasteiger partial charge in [-0.2, -0.15) is 0 Å². The first-order valence-corrected chi connectivity index (χ1v) is 8.39. The van der Waals surface area contributed by atoms with Crippen LogP contribution < -0.4 is 10.0 Å². The molecule has 0 spiro atoms. The van der Waals surface area contributed by atoms with E-state index < -0.39 is 10.0 Å². The fourth-order valence-electron chi connectivity index (χ4n) is 2.43. The summed E-state index contributed by atoms with van der Waals surface area (Å²) in [7, 11) is -3.61. The van der Waals surface area contributed by atoms with E-state index in [4.69, 9.17) is 5.73 Å². The summed E-state index contributed by atoms with van der Waals surface area (Å²) in [6.07, 6.45) is 0.728. The molecule has 0 aliphatic carbocycles. The van der Waals surface area contributed by atoms with E-state index >= 15 is 0 Å². The van der Waals surface area contributed by atoms with Crippen LogP contribution in [0.2, 0.25) is 0 Å². The van der Waals surface area contributed by atoms with Gasteiger partial charge < -0.3 is 5.73 Å². The molecule has 0 saturated heterocycles. The van der Waals surface area contributed by atoms with Gasteiger partial charge in [-0.3, -0.25) is 4.31 Å². The van der Waals surface area contributed by atoms with Gasteiger partial charge in [-0.05, 0) is 36.2 Å². The summed E-state index contributed by atoms with van der Waals surface area (Å²) in [6, 6.07) is 12.4. The third-order valence-corrected chi connectivity index (χ3v) is 5.76. The molecule has 2 aromatic carbocycles. The van der Waals surface area contributed by atoms with Gasteiger partial charge in [0, 0.05) is 11.0 Å². The van der Waals surface area contributed by atoms with E-state index in [0.29, 0.717) is 6.54 Å². The highest BCUT2D eigenvalue weighted by Gasteiger charge is 2.31. The first-order valence-electron chi connectivity index (χ1n) is 6.16. The highest BCUT2D eigenvalue weighted by Crippen LogP contribution is 2.34. The van der Waals surface area contributed by atoms with E-state index in [-0.39, 0.29) is 10.6 Å². The number of nitrogens with two attached hydrogens (primary N) is 1. The molecule has 0 aromatic heterocycles. The summed E-state index contributed by atoms with van der Waals surface area (Å²) in [5.41, 5.74) is 7.91. The Morgan fingerprint density at radius 3 is 2.65 bits per heavy atom. The minimum absolute atomic E-state index is 0.150. The van der Waals surface area contributed by atoms with Crippen molar-refractivity contribution in [3.05, 3.63) is 52.5 Å². The average molecular weight is 353 g/mol. The van der Waals surface area contributed by atoms with Crippen LogP contribution in [0, 0.1) is 0 Å². The average Bonchev–Trinajstić information content (AvgIpc) is 2.82. The molecule has 20 heavy (non-hydrogen) atoms. The predicted octanol–water partition coefficient (Wildman–Crippen LogP) is 2.78. The summed E-state index contributed by atoms with van der Waals surface area (Å²) >= 11 is 3.28. The van der Waals surface area contributed by atoms with E-state index in [1.807, 2.05) is 24.3 Å². The zero-order valence-corrected chi connectivity index (χ0v) is 13.0. The van der Waals surface area contributed by atoms with Crippen LogP contribution in [0.25, 0.3) is 0 Å². The molecule has 0 atom stereocenters. The summed E-state index contributed by atoms with van der Waals surface area (Å²) in [6.45, 7) is 0.456. The largest absolute Gasteiger partial charge is 0.398 e. The van der Waals surface area contributed by atoms with Crippen molar-refractivity contribution in [3.8, 4) is 0 Å². The van der Waals surface area contributed by atoms with E-state index in [1.165, 1.54) is 10.4 Å². The van der Waals surface area contributed by atoms with Gasteiger partial charge in [0.15, 0.2) is 0 Å². The number of nitrogen functional groups attached to an aromatic ring is 1. The van der Waals surface area contributed by atoms with Crippen LogP contribution in [0.5, 0.6) is 0 Å². The molecular weight excluding hydrogens is 340 g/mol. The van der Waals surface area contributed by atoms with Crippen LogP contribution in [-0.4, -0.2) is 15.0 Å². The fraction of sp³-hybridized carbons (Fsp3) is 0.143. The molecule has 104 valence electrons. The Morgan fingerprint density at radius 2 is 1.90 bits per heavy atom. The molecule has 6 heteroatoms. The Kier molecular flexibility index (Phi) is 3.22. The topological polar surface area (TPSA) is 63.4 Å². The summed E-state index contributed by atoms with van der Waals surface area (Å²) in [4.78, 5) is 0.150. The van der Waals surface area contributed by atoms with Crippen molar-refractivity contribution in [1.82, 2.24) is 0 Å². The Labute approximate surface area is 126 Å². The maximum atomic E-state index is 12.8.